The van der Waals surface area contributed by atoms with Gasteiger partial charge in [0.15, 0.2) is 0 Å². The largest absolute Gasteiger partial charge is 0.458 e. The summed E-state index contributed by atoms with van der Waals surface area (Å²) in [4.78, 5) is 25.2. The fourth-order valence-electron chi connectivity index (χ4n) is 3.43. The van der Waals surface area contributed by atoms with E-state index < -0.39 is 29.5 Å². The first kappa shape index (κ1) is 25.4. The van der Waals surface area contributed by atoms with E-state index in [4.69, 9.17) is 5.26 Å². The summed E-state index contributed by atoms with van der Waals surface area (Å²) in [5, 5.41) is 14.0. The molecule has 0 radical (unpaired) electrons. The van der Waals surface area contributed by atoms with Gasteiger partial charge in [-0.2, -0.15) is 27.2 Å². The average Bonchev–Trinajstić information content (AvgIpc) is 2.78. The first-order valence-corrected chi connectivity index (χ1v) is 10.1. The molecule has 0 unspecified atom stereocenters. The SMILES string of the molecule is Cc1cc(C(F)(F)C(F)(F)F)cc(C)c1C(=O)Nc1cccc(NC(=O)c2ccc(C#N)cc2)c1. The van der Waals surface area contributed by atoms with Crippen LogP contribution in [0.2, 0.25) is 0 Å². The van der Waals surface area contributed by atoms with Crippen LogP contribution >= 0.6 is 0 Å². The third-order valence-electron chi connectivity index (χ3n) is 5.13. The summed E-state index contributed by atoms with van der Waals surface area (Å²) in [6, 6.07) is 15.3. The van der Waals surface area contributed by atoms with E-state index >= 15 is 0 Å². The fraction of sp³-hybridized carbons (Fsp3) is 0.160. The van der Waals surface area contributed by atoms with E-state index in [-0.39, 0.29) is 22.4 Å². The van der Waals surface area contributed by atoms with Gasteiger partial charge in [0.05, 0.1) is 11.6 Å². The quantitative estimate of drug-likeness (QED) is 0.413. The Morgan fingerprint density at radius 1 is 0.800 bits per heavy atom. The number of anilines is 2. The summed E-state index contributed by atoms with van der Waals surface area (Å²) in [5.74, 6) is -6.22. The molecule has 0 aliphatic heterocycles. The van der Waals surface area contributed by atoms with Gasteiger partial charge in [-0.05, 0) is 79.6 Å². The molecule has 0 saturated carbocycles. The number of carbonyl (C=O) groups excluding carboxylic acids is 2. The summed E-state index contributed by atoms with van der Waals surface area (Å²) in [7, 11) is 0. The number of benzene rings is 3. The maximum Gasteiger partial charge on any atom is 0.458 e. The molecule has 5 nitrogen and oxygen atoms in total. The molecule has 180 valence electrons. The van der Waals surface area contributed by atoms with Crippen molar-refractivity contribution in [3.63, 3.8) is 0 Å². The van der Waals surface area contributed by atoms with Crippen molar-refractivity contribution in [2.24, 2.45) is 0 Å². The van der Waals surface area contributed by atoms with Gasteiger partial charge in [0.2, 0.25) is 0 Å². The van der Waals surface area contributed by atoms with E-state index in [0.717, 1.165) is 0 Å². The van der Waals surface area contributed by atoms with E-state index in [1.165, 1.54) is 50.2 Å². The van der Waals surface area contributed by atoms with Crippen molar-refractivity contribution in [2.75, 3.05) is 10.6 Å². The lowest BCUT2D eigenvalue weighted by Gasteiger charge is -2.22. The first-order chi connectivity index (χ1) is 16.3. The number of nitrogens with one attached hydrogen (secondary N) is 2. The molecule has 0 fully saturated rings. The molecular weight excluding hydrogens is 469 g/mol. The van der Waals surface area contributed by atoms with Crippen LogP contribution in [0.25, 0.3) is 0 Å². The number of hydrogen-bond donors (Lipinski definition) is 2. The van der Waals surface area contributed by atoms with Gasteiger partial charge in [0.1, 0.15) is 0 Å². The molecule has 0 spiro atoms. The number of carbonyl (C=O) groups is 2. The normalized spacial score (nSPS) is 11.5. The minimum atomic E-state index is -5.77. The standard InChI is InChI=1S/C25H18F5N3O2/c1-14-10-18(24(26,27)25(28,29)30)11-15(2)21(14)23(35)33-20-5-3-4-19(12-20)32-22(34)17-8-6-16(13-31)7-9-17/h3-12H,1-2H3,(H,32,34)(H,33,35). The molecule has 2 N–H and O–H groups in total. The molecule has 0 aromatic heterocycles. The Balaban J connectivity index is 1.79. The highest BCUT2D eigenvalue weighted by molar-refractivity contribution is 6.07. The van der Waals surface area contributed by atoms with Gasteiger partial charge in [-0.1, -0.05) is 6.07 Å². The zero-order valence-electron chi connectivity index (χ0n) is 18.4. The highest BCUT2D eigenvalue weighted by Gasteiger charge is 2.58. The van der Waals surface area contributed by atoms with E-state index in [2.05, 4.69) is 10.6 Å². The van der Waals surface area contributed by atoms with Crippen molar-refractivity contribution in [2.45, 2.75) is 25.9 Å². The highest BCUT2D eigenvalue weighted by Crippen LogP contribution is 2.44. The van der Waals surface area contributed by atoms with Crippen molar-refractivity contribution in [3.05, 3.63) is 94.0 Å². The molecule has 35 heavy (non-hydrogen) atoms. The maximum atomic E-state index is 13.7. The van der Waals surface area contributed by atoms with Gasteiger partial charge in [0.25, 0.3) is 11.8 Å². The predicted octanol–water partition coefficient (Wildman–Crippen LogP) is 6.33. The summed E-state index contributed by atoms with van der Waals surface area (Å²) >= 11 is 0. The van der Waals surface area contributed by atoms with Crippen LogP contribution in [0.1, 0.15) is 43.0 Å². The molecule has 3 aromatic carbocycles. The summed E-state index contributed by atoms with van der Waals surface area (Å²) in [6.45, 7) is 2.54. The molecule has 0 saturated heterocycles. The third-order valence-corrected chi connectivity index (χ3v) is 5.13. The molecule has 3 rings (SSSR count). The van der Waals surface area contributed by atoms with E-state index in [1.54, 1.807) is 12.1 Å². The Bertz CT molecular complexity index is 1300. The van der Waals surface area contributed by atoms with Crippen LogP contribution in [-0.4, -0.2) is 18.0 Å². The number of alkyl halides is 5. The number of nitrogens with zero attached hydrogens (tertiary/aromatic N) is 1. The maximum absolute atomic E-state index is 13.7. The Morgan fingerprint density at radius 2 is 1.31 bits per heavy atom. The average molecular weight is 487 g/mol. The van der Waals surface area contributed by atoms with Crippen molar-refractivity contribution in [3.8, 4) is 6.07 Å². The van der Waals surface area contributed by atoms with E-state index in [0.29, 0.717) is 28.9 Å². The van der Waals surface area contributed by atoms with E-state index in [9.17, 15) is 31.5 Å². The lowest BCUT2D eigenvalue weighted by atomic mass is 9.95. The lowest BCUT2D eigenvalue weighted by molar-refractivity contribution is -0.289. The zero-order valence-corrected chi connectivity index (χ0v) is 18.4. The summed E-state index contributed by atoms with van der Waals surface area (Å²) < 4.78 is 65.7. The van der Waals surface area contributed by atoms with Gasteiger partial charge in [-0.3, -0.25) is 9.59 Å². The number of nitriles is 1. The van der Waals surface area contributed by atoms with Gasteiger partial charge >= 0.3 is 12.1 Å². The number of halogens is 5. The smallest absolute Gasteiger partial charge is 0.322 e. The number of hydrogen-bond acceptors (Lipinski definition) is 3. The highest BCUT2D eigenvalue weighted by atomic mass is 19.4. The Morgan fingerprint density at radius 3 is 1.80 bits per heavy atom. The number of rotatable bonds is 5. The van der Waals surface area contributed by atoms with Crippen LogP contribution in [-0.2, 0) is 5.92 Å². The zero-order chi connectivity index (χ0) is 26.0. The summed E-state index contributed by atoms with van der Waals surface area (Å²) in [5.41, 5.74) is -0.0875. The molecule has 2 amide bonds. The molecule has 0 bridgehead atoms. The molecule has 0 atom stereocenters. The molecule has 0 aliphatic carbocycles. The van der Waals surface area contributed by atoms with Gasteiger partial charge in [-0.25, -0.2) is 0 Å². The van der Waals surface area contributed by atoms with Crippen molar-refractivity contribution in [1.29, 1.82) is 5.26 Å². The molecular formula is C25H18F5N3O2. The third kappa shape index (κ3) is 5.46. The van der Waals surface area contributed by atoms with Crippen molar-refractivity contribution in [1.82, 2.24) is 0 Å². The van der Waals surface area contributed by atoms with Crippen molar-refractivity contribution >= 4 is 23.2 Å². The second-order valence-corrected chi connectivity index (χ2v) is 7.74. The number of amides is 2. The lowest BCUT2D eigenvalue weighted by Crippen LogP contribution is -2.34. The van der Waals surface area contributed by atoms with Crippen LogP contribution in [0.3, 0.4) is 0 Å². The van der Waals surface area contributed by atoms with Crippen molar-refractivity contribution < 1.29 is 31.5 Å². The second kappa shape index (κ2) is 9.54. The minimum Gasteiger partial charge on any atom is -0.322 e. The second-order valence-electron chi connectivity index (χ2n) is 7.74. The Hall–Kier alpha value is -4.26. The van der Waals surface area contributed by atoms with Crippen LogP contribution in [0, 0.1) is 25.2 Å². The molecule has 0 aliphatic rings. The van der Waals surface area contributed by atoms with Crippen LogP contribution < -0.4 is 10.6 Å². The summed E-state index contributed by atoms with van der Waals surface area (Å²) in [6.07, 6.45) is -5.77. The molecule has 0 heterocycles. The topological polar surface area (TPSA) is 82.0 Å². The fourth-order valence-corrected chi connectivity index (χ4v) is 3.43. The number of aryl methyl sites for hydroxylation is 2. The monoisotopic (exact) mass is 487 g/mol. The molecule has 10 heteroatoms. The van der Waals surface area contributed by atoms with E-state index in [1.807, 2.05) is 6.07 Å². The van der Waals surface area contributed by atoms with Gasteiger partial charge < -0.3 is 10.6 Å². The Labute approximate surface area is 197 Å². The van der Waals surface area contributed by atoms with Crippen LogP contribution in [0.5, 0.6) is 0 Å². The predicted molar refractivity (Wildman–Crippen MR) is 119 cm³/mol. The first-order valence-electron chi connectivity index (χ1n) is 10.1. The minimum absolute atomic E-state index is 0.0428. The Kier molecular flexibility index (Phi) is 6.91. The van der Waals surface area contributed by atoms with Crippen LogP contribution in [0.4, 0.5) is 33.3 Å². The van der Waals surface area contributed by atoms with Gasteiger partial charge in [0, 0.05) is 28.1 Å². The molecule has 3 aromatic rings. The van der Waals surface area contributed by atoms with Crippen LogP contribution in [0.15, 0.2) is 60.7 Å². The van der Waals surface area contributed by atoms with Gasteiger partial charge in [-0.15, -0.1) is 0 Å².